The van der Waals surface area contributed by atoms with Crippen molar-refractivity contribution in [1.29, 1.82) is 0 Å². The van der Waals surface area contributed by atoms with Crippen LogP contribution in [-0.2, 0) is 14.3 Å². The van der Waals surface area contributed by atoms with Gasteiger partial charge in [0.15, 0.2) is 0 Å². The van der Waals surface area contributed by atoms with Crippen LogP contribution < -0.4 is 15.5 Å². The number of hydrogen-bond donors (Lipinski definition) is 2. The molecule has 0 spiro atoms. The Kier molecular flexibility index (Phi) is 7.85. The van der Waals surface area contributed by atoms with Crippen molar-refractivity contribution in [2.45, 2.75) is 31.6 Å². The van der Waals surface area contributed by atoms with Gasteiger partial charge in [0.25, 0.3) is 0 Å². The molecule has 3 heterocycles. The minimum Gasteiger partial charge on any atom is -0.378 e. The van der Waals surface area contributed by atoms with E-state index in [1.807, 2.05) is 4.90 Å². The number of amides is 1. The fourth-order valence-corrected chi connectivity index (χ4v) is 4.69. The fraction of sp³-hybridized carbons (Fsp3) is 0.560. The topological polar surface area (TPSA) is 91.8 Å². The van der Waals surface area contributed by atoms with Crippen LogP contribution in [0.4, 0.5) is 23.1 Å². The lowest BCUT2D eigenvalue weighted by atomic mass is 10.1. The number of aromatic nitrogens is 2. The van der Waals surface area contributed by atoms with Gasteiger partial charge in [-0.1, -0.05) is 11.6 Å². The van der Waals surface area contributed by atoms with Gasteiger partial charge in [-0.05, 0) is 55.4 Å². The average Bonchev–Trinajstić information content (AvgIpc) is 3.74. The second-order valence-electron chi connectivity index (χ2n) is 9.23. The van der Waals surface area contributed by atoms with E-state index in [1.165, 1.54) is 24.1 Å². The highest BCUT2D eigenvalue weighted by Gasteiger charge is 2.27. The third kappa shape index (κ3) is 6.34. The first-order valence-electron chi connectivity index (χ1n) is 12.5. The molecule has 1 aliphatic carbocycles. The Labute approximate surface area is 211 Å². The molecule has 2 saturated heterocycles. The van der Waals surface area contributed by atoms with E-state index >= 15 is 0 Å². The monoisotopic (exact) mass is 500 g/mol. The Hall–Kier alpha value is -2.62. The highest BCUT2D eigenvalue weighted by Crippen LogP contribution is 2.45. The van der Waals surface area contributed by atoms with Gasteiger partial charge < -0.3 is 29.9 Å². The van der Waals surface area contributed by atoms with Crippen LogP contribution in [0.25, 0.3) is 0 Å². The van der Waals surface area contributed by atoms with Crippen molar-refractivity contribution in [3.05, 3.63) is 35.0 Å². The van der Waals surface area contributed by atoms with Gasteiger partial charge in [-0.2, -0.15) is 4.98 Å². The van der Waals surface area contributed by atoms with Crippen molar-refractivity contribution in [1.82, 2.24) is 14.9 Å². The number of ether oxygens (including phenoxy) is 2. The van der Waals surface area contributed by atoms with Crippen LogP contribution in [0.3, 0.4) is 0 Å². The highest BCUT2D eigenvalue weighted by atomic mass is 35.5. The zero-order valence-corrected chi connectivity index (χ0v) is 20.7. The second-order valence-corrected chi connectivity index (χ2v) is 9.63. The minimum absolute atomic E-state index is 0.0557. The summed E-state index contributed by atoms with van der Waals surface area (Å²) in [6.07, 6.45) is 5.71. The molecule has 3 aliphatic rings. The molecule has 188 valence electrons. The van der Waals surface area contributed by atoms with Crippen LogP contribution in [0.2, 0.25) is 5.02 Å². The number of anilines is 4. The van der Waals surface area contributed by atoms with Gasteiger partial charge in [-0.25, -0.2) is 4.98 Å². The summed E-state index contributed by atoms with van der Waals surface area (Å²) in [5.74, 6) is 1.74. The van der Waals surface area contributed by atoms with Gasteiger partial charge in [-0.3, -0.25) is 4.79 Å². The Balaban J connectivity index is 1.21. The molecule has 2 N–H and O–H groups in total. The first-order chi connectivity index (χ1) is 17.2. The number of nitrogens with one attached hydrogen (secondary N) is 2. The summed E-state index contributed by atoms with van der Waals surface area (Å²) in [4.78, 5) is 25.3. The molecule has 2 aliphatic heterocycles. The summed E-state index contributed by atoms with van der Waals surface area (Å²) < 4.78 is 10.8. The van der Waals surface area contributed by atoms with Crippen molar-refractivity contribution in [3.63, 3.8) is 0 Å². The van der Waals surface area contributed by atoms with Gasteiger partial charge in [0.2, 0.25) is 11.9 Å². The smallest absolute Gasteiger partial charge is 0.248 e. The summed E-state index contributed by atoms with van der Waals surface area (Å²) >= 11 is 6.36. The first-order valence-corrected chi connectivity index (χ1v) is 12.9. The van der Waals surface area contributed by atoms with E-state index < -0.39 is 0 Å². The van der Waals surface area contributed by atoms with E-state index in [2.05, 4.69) is 43.7 Å². The van der Waals surface area contributed by atoms with Gasteiger partial charge in [0, 0.05) is 50.7 Å². The van der Waals surface area contributed by atoms with Crippen LogP contribution >= 0.6 is 11.6 Å². The van der Waals surface area contributed by atoms with Gasteiger partial charge >= 0.3 is 0 Å². The molecule has 0 bridgehead atoms. The number of halogens is 1. The van der Waals surface area contributed by atoms with Gasteiger partial charge in [0.05, 0.1) is 19.4 Å². The van der Waals surface area contributed by atoms with E-state index in [0.29, 0.717) is 42.4 Å². The molecular weight excluding hydrogens is 468 g/mol. The molecule has 1 aromatic heterocycles. The van der Waals surface area contributed by atoms with E-state index in [-0.39, 0.29) is 12.5 Å². The van der Waals surface area contributed by atoms with Crippen LogP contribution in [0.15, 0.2) is 24.4 Å². The maximum Gasteiger partial charge on any atom is 0.248 e. The molecular formula is C25H33ClN6O3. The molecule has 2 aromatic rings. The van der Waals surface area contributed by atoms with Crippen LogP contribution in [0.5, 0.6) is 0 Å². The number of nitrogens with zero attached hydrogens (tertiary/aromatic N) is 4. The molecule has 35 heavy (non-hydrogen) atoms. The summed E-state index contributed by atoms with van der Waals surface area (Å²) in [6.45, 7) is 6.30. The summed E-state index contributed by atoms with van der Waals surface area (Å²) in [5, 5.41) is 7.19. The lowest BCUT2D eigenvalue weighted by Crippen LogP contribution is -2.36. The molecule has 3 fully saturated rings. The number of carbonyl (C=O) groups excluding carboxylic acids is 1. The number of morpholine rings is 1. The Morgan fingerprint density at radius 3 is 2.80 bits per heavy atom. The molecule has 9 nitrogen and oxygen atoms in total. The molecule has 10 heteroatoms. The number of benzene rings is 1. The molecule has 1 saturated carbocycles. The largest absolute Gasteiger partial charge is 0.378 e. The molecule has 0 atom stereocenters. The molecule has 5 rings (SSSR count). The van der Waals surface area contributed by atoms with Crippen LogP contribution in [-0.4, -0.2) is 79.9 Å². The van der Waals surface area contributed by atoms with Crippen LogP contribution in [0.1, 0.15) is 37.2 Å². The third-order valence-electron chi connectivity index (χ3n) is 6.61. The predicted octanol–water partition coefficient (Wildman–Crippen LogP) is 3.64. The number of rotatable bonds is 9. The van der Waals surface area contributed by atoms with Crippen molar-refractivity contribution in [3.8, 4) is 0 Å². The molecule has 0 unspecified atom stereocenters. The summed E-state index contributed by atoms with van der Waals surface area (Å²) in [5.41, 5.74) is 3.60. The van der Waals surface area contributed by atoms with E-state index in [0.717, 1.165) is 51.4 Å². The van der Waals surface area contributed by atoms with Crippen molar-refractivity contribution in [2.24, 2.45) is 0 Å². The van der Waals surface area contributed by atoms with Gasteiger partial charge in [0.1, 0.15) is 17.4 Å². The fourth-order valence-electron chi connectivity index (χ4n) is 4.53. The SMILES string of the molecule is O=C1COCCCN1CCCNc1nc(Nc2ccc(N3CCOCC3)cc2C2CC2)ncc1Cl. The number of hydrogen-bond acceptors (Lipinski definition) is 8. The zero-order valence-electron chi connectivity index (χ0n) is 20.0. The second kappa shape index (κ2) is 11.4. The lowest BCUT2D eigenvalue weighted by Gasteiger charge is -2.29. The van der Waals surface area contributed by atoms with E-state index in [9.17, 15) is 4.79 Å². The summed E-state index contributed by atoms with van der Waals surface area (Å²) in [7, 11) is 0. The van der Waals surface area contributed by atoms with Crippen LogP contribution in [0, 0.1) is 0 Å². The molecule has 1 amide bonds. The van der Waals surface area contributed by atoms with Crippen molar-refractivity contribution < 1.29 is 14.3 Å². The van der Waals surface area contributed by atoms with Crippen molar-refractivity contribution in [2.75, 3.05) is 74.7 Å². The van der Waals surface area contributed by atoms with E-state index in [1.54, 1.807) is 6.20 Å². The predicted molar refractivity (Wildman–Crippen MR) is 137 cm³/mol. The Bertz CT molecular complexity index is 1030. The summed E-state index contributed by atoms with van der Waals surface area (Å²) in [6, 6.07) is 6.59. The average molecular weight is 501 g/mol. The molecule has 1 aromatic carbocycles. The maximum absolute atomic E-state index is 12.1. The van der Waals surface area contributed by atoms with Gasteiger partial charge in [-0.15, -0.1) is 0 Å². The normalized spacial score (nSPS) is 18.9. The number of carbonyl (C=O) groups is 1. The zero-order chi connectivity index (χ0) is 24.0. The maximum atomic E-state index is 12.1. The minimum atomic E-state index is 0.0557. The van der Waals surface area contributed by atoms with E-state index in [4.69, 9.17) is 21.1 Å². The third-order valence-corrected chi connectivity index (χ3v) is 6.89. The lowest BCUT2D eigenvalue weighted by molar-refractivity contribution is -0.133. The Morgan fingerprint density at radius 2 is 1.97 bits per heavy atom. The van der Waals surface area contributed by atoms with Crippen molar-refractivity contribution >= 4 is 40.6 Å². The quantitative estimate of drug-likeness (QED) is 0.504. The highest BCUT2D eigenvalue weighted by molar-refractivity contribution is 6.32. The Morgan fingerprint density at radius 1 is 1.11 bits per heavy atom. The standard InChI is InChI=1S/C25H33ClN6O3/c26-21-16-28-25(30-24(21)27-7-1-8-32-9-2-12-35-17-23(32)33)29-22-6-5-19(15-20(22)18-3-4-18)31-10-13-34-14-11-31/h5-6,15-16,18H,1-4,7-14,17H2,(H2,27,28,29,30). The first kappa shape index (κ1) is 24.1. The molecule has 0 radical (unpaired) electrons.